The Hall–Kier alpha value is -3.93. The summed E-state index contributed by atoms with van der Waals surface area (Å²) >= 11 is 0. The summed E-state index contributed by atoms with van der Waals surface area (Å²) in [5.41, 5.74) is 3.07. The molecular formula is C26H25N3O3. The Morgan fingerprint density at radius 2 is 1.34 bits per heavy atom. The van der Waals surface area contributed by atoms with Gasteiger partial charge in [-0.25, -0.2) is 0 Å². The number of benzene rings is 3. The number of rotatable bonds is 7. The van der Waals surface area contributed by atoms with Crippen LogP contribution in [0.15, 0.2) is 88.5 Å². The molecule has 0 aliphatic rings. The third-order valence-electron chi connectivity index (χ3n) is 5.48. The molecule has 0 saturated heterocycles. The fourth-order valence-electron chi connectivity index (χ4n) is 3.75. The smallest absolute Gasteiger partial charge is 0.317 e. The van der Waals surface area contributed by atoms with E-state index in [-0.39, 0.29) is 12.5 Å². The van der Waals surface area contributed by atoms with E-state index in [9.17, 15) is 14.4 Å². The van der Waals surface area contributed by atoms with Crippen LogP contribution in [0.4, 0.5) is 0 Å². The predicted octanol–water partition coefficient (Wildman–Crippen LogP) is 2.88. The number of nitrogens with zero attached hydrogens (tertiary/aromatic N) is 2. The van der Waals surface area contributed by atoms with Crippen molar-refractivity contribution in [3.05, 3.63) is 116 Å². The predicted molar refractivity (Wildman–Crippen MR) is 126 cm³/mol. The summed E-state index contributed by atoms with van der Waals surface area (Å²) < 4.78 is 2.74. The summed E-state index contributed by atoms with van der Waals surface area (Å²) in [6, 6.07) is 24.8. The highest BCUT2D eigenvalue weighted by Crippen LogP contribution is 2.12. The molecule has 162 valence electrons. The molecule has 0 aliphatic carbocycles. The first-order chi connectivity index (χ1) is 15.5. The zero-order valence-electron chi connectivity index (χ0n) is 18.0. The number of aryl methyl sites for hydroxylation is 1. The molecule has 6 heteroatoms. The third-order valence-corrected chi connectivity index (χ3v) is 5.48. The van der Waals surface area contributed by atoms with Gasteiger partial charge >= 0.3 is 11.1 Å². The zero-order valence-corrected chi connectivity index (χ0v) is 18.0. The molecule has 1 N–H and O–H groups in total. The van der Waals surface area contributed by atoms with Gasteiger partial charge in [0.25, 0.3) is 0 Å². The van der Waals surface area contributed by atoms with Gasteiger partial charge in [-0.2, -0.15) is 0 Å². The van der Waals surface area contributed by atoms with Gasteiger partial charge in [0.2, 0.25) is 5.91 Å². The molecule has 0 atom stereocenters. The molecule has 32 heavy (non-hydrogen) atoms. The van der Waals surface area contributed by atoms with E-state index >= 15 is 0 Å². The molecule has 0 bridgehead atoms. The van der Waals surface area contributed by atoms with Gasteiger partial charge in [-0.1, -0.05) is 72.3 Å². The summed E-state index contributed by atoms with van der Waals surface area (Å²) in [5, 5.41) is 2.85. The van der Waals surface area contributed by atoms with Crippen LogP contribution in [0.1, 0.15) is 16.7 Å². The first-order valence-electron chi connectivity index (χ1n) is 10.6. The van der Waals surface area contributed by atoms with Crippen LogP contribution in [-0.4, -0.2) is 21.6 Å². The Bertz CT molecular complexity index is 1350. The standard InChI is InChI=1S/C26H25N3O3/c1-19-11-13-20(14-12-19)15-16-27-24(30)18-29-23-10-6-5-9-22(23)28(25(31)26(29)32)17-21-7-3-2-4-8-21/h2-14H,15-18H2,1H3,(H,27,30). The summed E-state index contributed by atoms with van der Waals surface area (Å²) in [7, 11) is 0. The van der Waals surface area contributed by atoms with E-state index < -0.39 is 11.1 Å². The Balaban J connectivity index is 1.56. The Morgan fingerprint density at radius 1 is 0.750 bits per heavy atom. The van der Waals surface area contributed by atoms with Gasteiger partial charge in [0.15, 0.2) is 0 Å². The summed E-state index contributed by atoms with van der Waals surface area (Å²) in [4.78, 5) is 38.4. The lowest BCUT2D eigenvalue weighted by Gasteiger charge is -2.15. The SMILES string of the molecule is Cc1ccc(CCNC(=O)Cn2c(=O)c(=O)n(Cc3ccccc3)c3ccccc32)cc1. The van der Waals surface area contributed by atoms with Crippen molar-refractivity contribution in [2.45, 2.75) is 26.4 Å². The van der Waals surface area contributed by atoms with Crippen LogP contribution in [-0.2, 0) is 24.3 Å². The lowest BCUT2D eigenvalue weighted by atomic mass is 10.1. The molecule has 0 radical (unpaired) electrons. The second kappa shape index (κ2) is 9.47. The van der Waals surface area contributed by atoms with Gasteiger partial charge in [-0.15, -0.1) is 0 Å². The second-order valence-electron chi connectivity index (χ2n) is 7.84. The van der Waals surface area contributed by atoms with Crippen LogP contribution in [0.3, 0.4) is 0 Å². The third kappa shape index (κ3) is 4.70. The molecule has 0 aliphatic heterocycles. The van der Waals surface area contributed by atoms with E-state index in [1.165, 1.54) is 14.7 Å². The summed E-state index contributed by atoms with van der Waals surface area (Å²) in [5.74, 6) is -0.301. The first kappa shape index (κ1) is 21.3. The van der Waals surface area contributed by atoms with Crippen molar-refractivity contribution in [3.8, 4) is 0 Å². The van der Waals surface area contributed by atoms with E-state index in [2.05, 4.69) is 5.32 Å². The van der Waals surface area contributed by atoms with Gasteiger partial charge in [0, 0.05) is 6.54 Å². The van der Waals surface area contributed by atoms with Crippen molar-refractivity contribution >= 4 is 16.9 Å². The number of nitrogens with one attached hydrogen (secondary N) is 1. The molecule has 0 fully saturated rings. The van der Waals surface area contributed by atoms with Crippen LogP contribution >= 0.6 is 0 Å². The molecule has 4 aromatic rings. The van der Waals surface area contributed by atoms with Crippen molar-refractivity contribution < 1.29 is 4.79 Å². The average molecular weight is 428 g/mol. The molecule has 3 aromatic carbocycles. The maximum Gasteiger partial charge on any atom is 0.317 e. The maximum atomic E-state index is 12.9. The van der Waals surface area contributed by atoms with Crippen molar-refractivity contribution in [1.82, 2.24) is 14.5 Å². The quantitative estimate of drug-likeness (QED) is 0.461. The Kier molecular flexibility index (Phi) is 6.31. The number of aromatic nitrogens is 2. The van der Waals surface area contributed by atoms with Crippen molar-refractivity contribution in [1.29, 1.82) is 0 Å². The fourth-order valence-corrected chi connectivity index (χ4v) is 3.75. The lowest BCUT2D eigenvalue weighted by molar-refractivity contribution is -0.121. The highest BCUT2D eigenvalue weighted by molar-refractivity contribution is 5.80. The number of amides is 1. The molecule has 6 nitrogen and oxygen atoms in total. The number of hydrogen-bond acceptors (Lipinski definition) is 3. The topological polar surface area (TPSA) is 73.1 Å². The van der Waals surface area contributed by atoms with Crippen LogP contribution in [0.2, 0.25) is 0 Å². The first-order valence-corrected chi connectivity index (χ1v) is 10.6. The Labute approximate surface area is 185 Å². The van der Waals surface area contributed by atoms with E-state index in [1.54, 1.807) is 18.2 Å². The van der Waals surface area contributed by atoms with Crippen molar-refractivity contribution in [2.75, 3.05) is 6.54 Å². The second-order valence-corrected chi connectivity index (χ2v) is 7.84. The van der Waals surface area contributed by atoms with Crippen molar-refractivity contribution in [2.24, 2.45) is 0 Å². The van der Waals surface area contributed by atoms with Gasteiger partial charge in [0.1, 0.15) is 6.54 Å². The van der Waals surface area contributed by atoms with Gasteiger partial charge in [0.05, 0.1) is 17.6 Å². The monoisotopic (exact) mass is 427 g/mol. The van der Waals surface area contributed by atoms with E-state index in [4.69, 9.17) is 0 Å². The molecule has 1 heterocycles. The van der Waals surface area contributed by atoms with Gasteiger partial charge in [-0.05, 0) is 36.6 Å². The van der Waals surface area contributed by atoms with Gasteiger partial charge < -0.3 is 5.32 Å². The van der Waals surface area contributed by atoms with Crippen molar-refractivity contribution in [3.63, 3.8) is 0 Å². The molecule has 0 saturated carbocycles. The fraction of sp³-hybridized carbons (Fsp3) is 0.192. The minimum atomic E-state index is -0.701. The number of fused-ring (bicyclic) bond motifs is 1. The number of carbonyl (C=O) groups is 1. The summed E-state index contributed by atoms with van der Waals surface area (Å²) in [6.07, 6.45) is 0.695. The molecule has 0 spiro atoms. The van der Waals surface area contributed by atoms with Crippen LogP contribution in [0, 0.1) is 6.92 Å². The molecule has 1 amide bonds. The molecule has 1 aromatic heterocycles. The van der Waals surface area contributed by atoms with Gasteiger partial charge in [-0.3, -0.25) is 23.5 Å². The molecule has 4 rings (SSSR count). The highest BCUT2D eigenvalue weighted by Gasteiger charge is 2.15. The van der Waals surface area contributed by atoms with E-state index in [0.717, 1.165) is 11.1 Å². The zero-order chi connectivity index (χ0) is 22.5. The van der Waals surface area contributed by atoms with Crippen LogP contribution in [0.5, 0.6) is 0 Å². The molecule has 0 unspecified atom stereocenters. The average Bonchev–Trinajstić information content (AvgIpc) is 2.81. The van der Waals surface area contributed by atoms with E-state index in [0.29, 0.717) is 30.5 Å². The lowest BCUT2D eigenvalue weighted by Crippen LogP contribution is -2.44. The minimum Gasteiger partial charge on any atom is -0.354 e. The number of para-hydroxylation sites is 2. The van der Waals surface area contributed by atoms with E-state index in [1.807, 2.05) is 67.6 Å². The highest BCUT2D eigenvalue weighted by atomic mass is 16.2. The van der Waals surface area contributed by atoms with Crippen LogP contribution in [0.25, 0.3) is 11.0 Å². The Morgan fingerprint density at radius 3 is 2.03 bits per heavy atom. The number of carbonyl (C=O) groups excluding carboxylic acids is 1. The molecular weight excluding hydrogens is 402 g/mol. The normalized spacial score (nSPS) is 10.9. The summed E-state index contributed by atoms with van der Waals surface area (Å²) in [6.45, 7) is 2.58. The largest absolute Gasteiger partial charge is 0.354 e. The van der Waals surface area contributed by atoms with Crippen LogP contribution < -0.4 is 16.4 Å². The maximum absolute atomic E-state index is 12.9. The number of hydrogen-bond donors (Lipinski definition) is 1. The minimum absolute atomic E-state index is 0.200.